The highest BCUT2D eigenvalue weighted by Gasteiger charge is 2.30. The number of carbonyl (C=O) groups excluding carboxylic acids is 1. The van der Waals surface area contributed by atoms with E-state index in [1.165, 1.54) is 0 Å². The van der Waals surface area contributed by atoms with Gasteiger partial charge in [-0.05, 0) is 47.1 Å². The first-order chi connectivity index (χ1) is 8.34. The van der Waals surface area contributed by atoms with Gasteiger partial charge >= 0.3 is 5.97 Å². The summed E-state index contributed by atoms with van der Waals surface area (Å²) in [6.07, 6.45) is 3.23. The molecule has 0 bridgehead atoms. The largest absolute Gasteiger partial charge is 0.480 e. The van der Waals surface area contributed by atoms with Gasteiger partial charge < -0.3 is 10.0 Å². The fraction of sp³-hybridized carbons (Fsp3) is 0.846. The zero-order chi connectivity index (χ0) is 13.9. The SMILES string of the molecule is C[C@@H]1CCC[C@H](C)N1C(=O)CN(C)[C@@H](C)C(=O)O. The molecule has 0 aromatic heterocycles. The Kier molecular flexibility index (Phi) is 5.14. The summed E-state index contributed by atoms with van der Waals surface area (Å²) in [7, 11) is 1.68. The van der Waals surface area contributed by atoms with Gasteiger partial charge in [0.05, 0.1) is 6.54 Å². The molecule has 0 radical (unpaired) electrons. The van der Waals surface area contributed by atoms with Crippen LogP contribution in [0.15, 0.2) is 0 Å². The number of piperidine rings is 1. The average molecular weight is 256 g/mol. The Morgan fingerprint density at radius 2 is 1.83 bits per heavy atom. The van der Waals surface area contributed by atoms with Crippen molar-refractivity contribution in [2.24, 2.45) is 0 Å². The molecule has 0 saturated carbocycles. The molecule has 0 spiro atoms. The standard InChI is InChI=1S/C13H24N2O3/c1-9-6-5-7-10(2)15(9)12(16)8-14(4)11(3)13(17)18/h9-11H,5-8H2,1-4H3,(H,17,18)/t9-,10+,11-/m0/s1. The molecule has 1 heterocycles. The van der Waals surface area contributed by atoms with Gasteiger partial charge in [0.15, 0.2) is 0 Å². The van der Waals surface area contributed by atoms with Crippen molar-refractivity contribution >= 4 is 11.9 Å². The van der Waals surface area contributed by atoms with E-state index in [1.54, 1.807) is 18.9 Å². The van der Waals surface area contributed by atoms with E-state index < -0.39 is 12.0 Å². The lowest BCUT2D eigenvalue weighted by atomic mass is 9.97. The van der Waals surface area contributed by atoms with Crippen molar-refractivity contribution < 1.29 is 14.7 Å². The van der Waals surface area contributed by atoms with Crippen LogP contribution in [0.3, 0.4) is 0 Å². The predicted octanol–water partition coefficient (Wildman–Crippen LogP) is 1.18. The van der Waals surface area contributed by atoms with Crippen molar-refractivity contribution in [3.63, 3.8) is 0 Å². The molecule has 0 aromatic rings. The Morgan fingerprint density at radius 1 is 1.33 bits per heavy atom. The number of aliphatic carboxylic acids is 1. The number of hydrogen-bond donors (Lipinski definition) is 1. The fourth-order valence-corrected chi connectivity index (χ4v) is 2.53. The minimum absolute atomic E-state index is 0.0327. The summed E-state index contributed by atoms with van der Waals surface area (Å²) in [4.78, 5) is 26.6. The smallest absolute Gasteiger partial charge is 0.320 e. The van der Waals surface area contributed by atoms with Crippen molar-refractivity contribution in [2.75, 3.05) is 13.6 Å². The molecule has 104 valence electrons. The molecule has 5 nitrogen and oxygen atoms in total. The monoisotopic (exact) mass is 256 g/mol. The van der Waals surface area contributed by atoms with Gasteiger partial charge in [-0.15, -0.1) is 0 Å². The molecule has 0 aromatic carbocycles. The van der Waals surface area contributed by atoms with E-state index in [1.807, 2.05) is 4.90 Å². The Bertz CT molecular complexity index is 309. The van der Waals surface area contributed by atoms with Gasteiger partial charge in [0.25, 0.3) is 0 Å². The first-order valence-electron chi connectivity index (χ1n) is 6.58. The van der Waals surface area contributed by atoms with Gasteiger partial charge in [-0.25, -0.2) is 0 Å². The zero-order valence-corrected chi connectivity index (χ0v) is 11.7. The Labute approximate surface area is 109 Å². The number of amides is 1. The van der Waals surface area contributed by atoms with Crippen LogP contribution in [0.25, 0.3) is 0 Å². The van der Waals surface area contributed by atoms with Crippen LogP contribution in [0.4, 0.5) is 0 Å². The highest BCUT2D eigenvalue weighted by Crippen LogP contribution is 2.22. The Hall–Kier alpha value is -1.10. The van der Waals surface area contributed by atoms with Gasteiger partial charge in [0.1, 0.15) is 6.04 Å². The quantitative estimate of drug-likeness (QED) is 0.820. The molecule has 5 heteroatoms. The highest BCUT2D eigenvalue weighted by molar-refractivity contribution is 5.80. The van der Waals surface area contributed by atoms with Crippen LogP contribution in [0, 0.1) is 0 Å². The summed E-state index contributed by atoms with van der Waals surface area (Å²) in [6, 6.07) is -0.117. The van der Waals surface area contributed by atoms with E-state index >= 15 is 0 Å². The van der Waals surface area contributed by atoms with Crippen LogP contribution < -0.4 is 0 Å². The molecule has 1 aliphatic rings. The van der Waals surface area contributed by atoms with Crippen molar-refractivity contribution in [1.29, 1.82) is 0 Å². The lowest BCUT2D eigenvalue weighted by Crippen LogP contribution is -2.52. The van der Waals surface area contributed by atoms with Crippen molar-refractivity contribution in [2.45, 2.75) is 58.2 Å². The van der Waals surface area contributed by atoms with Crippen molar-refractivity contribution in [3.8, 4) is 0 Å². The van der Waals surface area contributed by atoms with Crippen LogP contribution in [-0.4, -0.2) is 58.5 Å². The Morgan fingerprint density at radius 3 is 2.28 bits per heavy atom. The highest BCUT2D eigenvalue weighted by atomic mass is 16.4. The minimum Gasteiger partial charge on any atom is -0.480 e. The van der Waals surface area contributed by atoms with Gasteiger partial charge in [-0.1, -0.05) is 0 Å². The topological polar surface area (TPSA) is 60.9 Å². The Balaban J connectivity index is 2.61. The van der Waals surface area contributed by atoms with E-state index in [4.69, 9.17) is 5.11 Å². The van der Waals surface area contributed by atoms with E-state index in [0.29, 0.717) is 0 Å². The number of carboxylic acid groups (broad SMARTS) is 1. The van der Waals surface area contributed by atoms with E-state index in [9.17, 15) is 9.59 Å². The molecule has 3 atom stereocenters. The summed E-state index contributed by atoms with van der Waals surface area (Å²) >= 11 is 0. The summed E-state index contributed by atoms with van der Waals surface area (Å²) in [5, 5.41) is 8.91. The van der Waals surface area contributed by atoms with Gasteiger partial charge in [0, 0.05) is 12.1 Å². The lowest BCUT2D eigenvalue weighted by Gasteiger charge is -2.40. The maximum Gasteiger partial charge on any atom is 0.320 e. The third-order valence-corrected chi connectivity index (χ3v) is 3.88. The third kappa shape index (κ3) is 3.45. The molecule has 18 heavy (non-hydrogen) atoms. The van der Waals surface area contributed by atoms with Gasteiger partial charge in [-0.2, -0.15) is 0 Å². The number of hydrogen-bond acceptors (Lipinski definition) is 3. The number of rotatable bonds is 4. The van der Waals surface area contributed by atoms with E-state index in [0.717, 1.165) is 19.3 Å². The van der Waals surface area contributed by atoms with E-state index in [-0.39, 0.29) is 24.5 Å². The van der Waals surface area contributed by atoms with Crippen LogP contribution in [-0.2, 0) is 9.59 Å². The fourth-order valence-electron chi connectivity index (χ4n) is 2.53. The number of nitrogens with zero attached hydrogens (tertiary/aromatic N) is 2. The summed E-state index contributed by atoms with van der Waals surface area (Å²) < 4.78 is 0. The van der Waals surface area contributed by atoms with Crippen LogP contribution in [0.2, 0.25) is 0 Å². The zero-order valence-electron chi connectivity index (χ0n) is 11.7. The maximum atomic E-state index is 12.2. The molecule has 1 aliphatic heterocycles. The van der Waals surface area contributed by atoms with Gasteiger partial charge in [0.2, 0.25) is 5.91 Å². The second-order valence-corrected chi connectivity index (χ2v) is 5.36. The molecular weight excluding hydrogens is 232 g/mol. The first kappa shape index (κ1) is 15.0. The number of likely N-dealkylation sites (tertiary alicyclic amines) is 1. The number of carboxylic acids is 1. The lowest BCUT2D eigenvalue weighted by molar-refractivity contribution is -0.144. The van der Waals surface area contributed by atoms with Gasteiger partial charge in [-0.3, -0.25) is 14.5 Å². The van der Waals surface area contributed by atoms with Crippen LogP contribution in [0.5, 0.6) is 0 Å². The summed E-state index contributed by atoms with van der Waals surface area (Å²) in [5.74, 6) is -0.865. The normalized spacial score (nSPS) is 26.2. The van der Waals surface area contributed by atoms with Crippen molar-refractivity contribution in [3.05, 3.63) is 0 Å². The second kappa shape index (κ2) is 6.18. The maximum absolute atomic E-state index is 12.2. The average Bonchev–Trinajstić information content (AvgIpc) is 2.27. The number of carbonyl (C=O) groups is 2. The van der Waals surface area contributed by atoms with Crippen LogP contribution in [0.1, 0.15) is 40.0 Å². The molecule has 0 unspecified atom stereocenters. The minimum atomic E-state index is -0.898. The predicted molar refractivity (Wildman–Crippen MR) is 69.3 cm³/mol. The molecular formula is C13H24N2O3. The molecule has 1 fully saturated rings. The summed E-state index contributed by atoms with van der Waals surface area (Å²) in [6.45, 7) is 5.89. The molecule has 1 rings (SSSR count). The third-order valence-electron chi connectivity index (χ3n) is 3.88. The molecule has 1 N–H and O–H groups in total. The van der Waals surface area contributed by atoms with Crippen molar-refractivity contribution in [1.82, 2.24) is 9.80 Å². The number of likely N-dealkylation sites (N-methyl/N-ethyl adjacent to an activating group) is 1. The molecule has 0 aliphatic carbocycles. The second-order valence-electron chi connectivity index (χ2n) is 5.36. The first-order valence-corrected chi connectivity index (χ1v) is 6.58. The summed E-state index contributed by atoms with van der Waals surface area (Å²) in [5.41, 5.74) is 0. The molecule has 1 amide bonds. The molecule has 1 saturated heterocycles. The van der Waals surface area contributed by atoms with Crippen LogP contribution >= 0.6 is 0 Å². The van der Waals surface area contributed by atoms with E-state index in [2.05, 4.69) is 13.8 Å².